The van der Waals surface area contributed by atoms with Crippen molar-refractivity contribution in [3.8, 4) is 5.75 Å². The molecule has 4 rings (SSSR count). The average Bonchev–Trinajstić information content (AvgIpc) is 3.51. The molecule has 0 aliphatic carbocycles. The molecular formula is C23H26N2O3S2. The van der Waals surface area contributed by atoms with Crippen molar-refractivity contribution in [2.75, 3.05) is 19.8 Å². The largest absolute Gasteiger partial charge is 0.493 e. The van der Waals surface area contributed by atoms with Crippen LogP contribution in [-0.2, 0) is 17.7 Å². The van der Waals surface area contributed by atoms with Crippen molar-refractivity contribution < 1.29 is 14.3 Å². The van der Waals surface area contributed by atoms with Crippen LogP contribution in [0, 0.1) is 6.92 Å². The molecule has 1 amide bonds. The van der Waals surface area contributed by atoms with E-state index in [1.165, 1.54) is 16.9 Å². The van der Waals surface area contributed by atoms with Gasteiger partial charge in [0, 0.05) is 31.5 Å². The van der Waals surface area contributed by atoms with Gasteiger partial charge < -0.3 is 14.4 Å². The first-order valence-electron chi connectivity index (χ1n) is 10.2. The third-order valence-electron chi connectivity index (χ3n) is 5.08. The van der Waals surface area contributed by atoms with Crippen LogP contribution in [0.4, 0.5) is 0 Å². The lowest BCUT2D eigenvalue weighted by Crippen LogP contribution is -2.37. The van der Waals surface area contributed by atoms with Crippen LogP contribution in [0.3, 0.4) is 0 Å². The zero-order valence-corrected chi connectivity index (χ0v) is 18.7. The molecule has 1 aliphatic rings. The zero-order valence-electron chi connectivity index (χ0n) is 17.1. The summed E-state index contributed by atoms with van der Waals surface area (Å²) in [5.41, 5.74) is 2.85. The van der Waals surface area contributed by atoms with Crippen molar-refractivity contribution in [3.63, 3.8) is 0 Å². The van der Waals surface area contributed by atoms with Gasteiger partial charge in [-0.05, 0) is 59.9 Å². The molecule has 1 saturated heterocycles. The Bertz CT molecular complexity index is 949. The summed E-state index contributed by atoms with van der Waals surface area (Å²) in [6, 6.07) is 10.1. The maximum absolute atomic E-state index is 13.1. The zero-order chi connectivity index (χ0) is 20.8. The van der Waals surface area contributed by atoms with Crippen LogP contribution in [0.5, 0.6) is 5.75 Å². The van der Waals surface area contributed by atoms with E-state index in [1.54, 1.807) is 11.3 Å². The second kappa shape index (κ2) is 10.2. The maximum Gasteiger partial charge on any atom is 0.273 e. The van der Waals surface area contributed by atoms with Gasteiger partial charge in [0.1, 0.15) is 11.4 Å². The summed E-state index contributed by atoms with van der Waals surface area (Å²) in [5.74, 6) is 0.787. The Morgan fingerprint density at radius 3 is 2.97 bits per heavy atom. The Morgan fingerprint density at radius 1 is 1.30 bits per heavy atom. The minimum Gasteiger partial charge on any atom is -0.493 e. The molecule has 2 aromatic heterocycles. The lowest BCUT2D eigenvalue weighted by atomic mass is 10.1. The fraction of sp³-hybridized carbons (Fsp3) is 0.391. The average molecular weight is 443 g/mol. The van der Waals surface area contributed by atoms with E-state index in [2.05, 4.69) is 21.8 Å². The second-order valence-corrected chi connectivity index (χ2v) is 9.29. The van der Waals surface area contributed by atoms with Crippen molar-refractivity contribution in [2.24, 2.45) is 0 Å². The highest BCUT2D eigenvalue weighted by atomic mass is 32.1. The number of carbonyl (C=O) groups excluding carboxylic acids is 1. The van der Waals surface area contributed by atoms with E-state index in [0.717, 1.165) is 42.2 Å². The van der Waals surface area contributed by atoms with Crippen molar-refractivity contribution in [1.82, 2.24) is 9.88 Å². The predicted octanol–water partition coefficient (Wildman–Crippen LogP) is 4.96. The molecule has 0 bridgehead atoms. The van der Waals surface area contributed by atoms with Gasteiger partial charge in [0.05, 0.1) is 17.7 Å². The van der Waals surface area contributed by atoms with Crippen molar-refractivity contribution in [3.05, 3.63) is 68.3 Å². The quantitative estimate of drug-likeness (QED) is 0.470. The van der Waals surface area contributed by atoms with Crippen LogP contribution < -0.4 is 4.74 Å². The molecule has 30 heavy (non-hydrogen) atoms. The topological polar surface area (TPSA) is 51.7 Å². The smallest absolute Gasteiger partial charge is 0.273 e. The van der Waals surface area contributed by atoms with Gasteiger partial charge in [0.2, 0.25) is 0 Å². The summed E-state index contributed by atoms with van der Waals surface area (Å²) in [6.45, 7) is 4.42. The van der Waals surface area contributed by atoms with Gasteiger partial charge >= 0.3 is 0 Å². The highest BCUT2D eigenvalue weighted by molar-refractivity contribution is 7.09. The SMILES string of the molecule is Cc1nc(C(=O)N(Cc2cccc(OCCc3ccsc3)c2)C[C@H]2CCCO2)cs1. The highest BCUT2D eigenvalue weighted by Crippen LogP contribution is 2.21. The number of benzene rings is 1. The van der Waals surface area contributed by atoms with E-state index in [4.69, 9.17) is 9.47 Å². The van der Waals surface area contributed by atoms with E-state index >= 15 is 0 Å². The number of aromatic nitrogens is 1. The lowest BCUT2D eigenvalue weighted by molar-refractivity contribution is 0.0503. The first-order chi connectivity index (χ1) is 14.7. The van der Waals surface area contributed by atoms with Gasteiger partial charge in [-0.25, -0.2) is 4.98 Å². The Hall–Kier alpha value is -2.22. The summed E-state index contributed by atoms with van der Waals surface area (Å²) < 4.78 is 11.7. The minimum atomic E-state index is -0.0429. The normalized spacial score (nSPS) is 16.0. The number of thiazole rings is 1. The first kappa shape index (κ1) is 21.0. The number of ether oxygens (including phenoxy) is 2. The molecule has 5 nitrogen and oxygen atoms in total. The number of nitrogens with zero attached hydrogens (tertiary/aromatic N) is 2. The summed E-state index contributed by atoms with van der Waals surface area (Å²) in [7, 11) is 0. The number of hydrogen-bond donors (Lipinski definition) is 0. The molecule has 1 aromatic carbocycles. The summed E-state index contributed by atoms with van der Waals surface area (Å²) in [4.78, 5) is 19.4. The van der Waals surface area contributed by atoms with Gasteiger partial charge in [-0.1, -0.05) is 12.1 Å². The molecule has 1 fully saturated rings. The Labute approximate surface area is 185 Å². The molecule has 3 heterocycles. The number of hydrogen-bond acceptors (Lipinski definition) is 6. The summed E-state index contributed by atoms with van der Waals surface area (Å²) in [5, 5.41) is 6.97. The Kier molecular flexibility index (Phi) is 7.15. The predicted molar refractivity (Wildman–Crippen MR) is 121 cm³/mol. The molecule has 0 N–H and O–H groups in total. The van der Waals surface area contributed by atoms with Gasteiger partial charge in [0.25, 0.3) is 5.91 Å². The molecule has 158 valence electrons. The molecule has 0 saturated carbocycles. The number of rotatable bonds is 9. The third-order valence-corrected chi connectivity index (χ3v) is 6.59. The van der Waals surface area contributed by atoms with Crippen molar-refractivity contribution >= 4 is 28.6 Å². The highest BCUT2D eigenvalue weighted by Gasteiger charge is 2.25. The standard InChI is InChI=1S/C23H26N2O3S2/c1-17-24-22(16-30-17)23(26)25(14-21-6-3-9-27-21)13-19-4-2-5-20(12-19)28-10-7-18-8-11-29-15-18/h2,4-5,8,11-12,15-16,21H,3,6-7,9-10,13-14H2,1H3/t21-/m1/s1. The monoisotopic (exact) mass is 442 g/mol. The van der Waals surface area contributed by atoms with Gasteiger partial charge in [-0.3, -0.25) is 4.79 Å². The molecule has 1 aliphatic heterocycles. The second-order valence-electron chi connectivity index (χ2n) is 7.45. The van der Waals surface area contributed by atoms with Gasteiger partial charge in [-0.15, -0.1) is 11.3 Å². The fourth-order valence-corrected chi connectivity index (χ4v) is 4.84. The van der Waals surface area contributed by atoms with Gasteiger partial charge in [-0.2, -0.15) is 11.3 Å². The molecule has 7 heteroatoms. The van der Waals surface area contributed by atoms with E-state index < -0.39 is 0 Å². The first-order valence-corrected chi connectivity index (χ1v) is 12.1. The molecular weight excluding hydrogens is 416 g/mol. The number of thiophene rings is 1. The Morgan fingerprint density at radius 2 is 2.23 bits per heavy atom. The summed E-state index contributed by atoms with van der Waals surface area (Å²) in [6.07, 6.45) is 3.03. The lowest BCUT2D eigenvalue weighted by Gasteiger charge is -2.25. The minimum absolute atomic E-state index is 0.0429. The van der Waals surface area contributed by atoms with E-state index in [-0.39, 0.29) is 12.0 Å². The van der Waals surface area contributed by atoms with E-state index in [0.29, 0.717) is 25.4 Å². The van der Waals surface area contributed by atoms with E-state index in [9.17, 15) is 4.79 Å². The van der Waals surface area contributed by atoms with Crippen LogP contribution >= 0.6 is 22.7 Å². The van der Waals surface area contributed by atoms with Crippen LogP contribution in [0.1, 0.15) is 39.5 Å². The number of aryl methyl sites for hydroxylation is 1. The molecule has 0 spiro atoms. The molecule has 1 atom stereocenters. The molecule has 3 aromatic rings. The van der Waals surface area contributed by atoms with Crippen molar-refractivity contribution in [1.29, 1.82) is 0 Å². The van der Waals surface area contributed by atoms with Crippen LogP contribution in [0.2, 0.25) is 0 Å². The maximum atomic E-state index is 13.1. The van der Waals surface area contributed by atoms with E-state index in [1.807, 2.05) is 41.5 Å². The van der Waals surface area contributed by atoms with Crippen LogP contribution in [-0.4, -0.2) is 41.7 Å². The van der Waals surface area contributed by atoms with Gasteiger partial charge in [0.15, 0.2) is 0 Å². The van der Waals surface area contributed by atoms with Crippen LogP contribution in [0.15, 0.2) is 46.5 Å². The van der Waals surface area contributed by atoms with Crippen molar-refractivity contribution in [2.45, 2.75) is 38.8 Å². The Balaban J connectivity index is 1.42. The third kappa shape index (κ3) is 5.68. The molecule has 0 radical (unpaired) electrons. The number of carbonyl (C=O) groups is 1. The fourth-order valence-electron chi connectivity index (χ4n) is 3.55. The van der Waals surface area contributed by atoms with Crippen LogP contribution in [0.25, 0.3) is 0 Å². The number of amides is 1. The summed E-state index contributed by atoms with van der Waals surface area (Å²) >= 11 is 3.20. The molecule has 0 unspecified atom stereocenters.